The zero-order valence-corrected chi connectivity index (χ0v) is 17.7. The molecule has 2 fully saturated rings. The fourth-order valence-electron chi connectivity index (χ4n) is 3.29. The molecule has 2 heterocycles. The summed E-state index contributed by atoms with van der Waals surface area (Å²) >= 11 is 0. The Kier molecular flexibility index (Phi) is 6.25. The SMILES string of the molecule is CC1(C)COB(c2cccc(OC3CCN(C(=O)OC(C)(C)C)CC3)c2)OC1. The predicted octanol–water partition coefficient (Wildman–Crippen LogP) is 3.23. The summed E-state index contributed by atoms with van der Waals surface area (Å²) in [6.45, 7) is 12.5. The summed E-state index contributed by atoms with van der Waals surface area (Å²) in [4.78, 5) is 13.9. The number of carbonyl (C=O) groups is 1. The van der Waals surface area contributed by atoms with Crippen LogP contribution in [0.15, 0.2) is 24.3 Å². The number of carbonyl (C=O) groups excluding carboxylic acids is 1. The van der Waals surface area contributed by atoms with E-state index in [2.05, 4.69) is 13.8 Å². The maximum Gasteiger partial charge on any atom is 0.494 e. The van der Waals surface area contributed by atoms with Gasteiger partial charge in [-0.2, -0.15) is 0 Å². The molecular weight excluding hydrogens is 357 g/mol. The van der Waals surface area contributed by atoms with E-state index in [1.807, 2.05) is 45.0 Å². The lowest BCUT2D eigenvalue weighted by Crippen LogP contribution is -2.47. The van der Waals surface area contributed by atoms with Gasteiger partial charge >= 0.3 is 13.2 Å². The van der Waals surface area contributed by atoms with Crippen molar-refractivity contribution in [1.29, 1.82) is 0 Å². The Balaban J connectivity index is 1.51. The fourth-order valence-corrected chi connectivity index (χ4v) is 3.29. The molecule has 0 radical (unpaired) electrons. The second kappa shape index (κ2) is 8.33. The topological polar surface area (TPSA) is 57.2 Å². The summed E-state index contributed by atoms with van der Waals surface area (Å²) in [6.07, 6.45) is 1.41. The minimum atomic E-state index is -0.469. The van der Waals surface area contributed by atoms with Gasteiger partial charge in [0.05, 0.1) is 0 Å². The van der Waals surface area contributed by atoms with Crippen LogP contribution in [0.4, 0.5) is 4.79 Å². The molecule has 0 atom stereocenters. The molecule has 1 aromatic carbocycles. The Morgan fingerprint density at radius 2 is 1.82 bits per heavy atom. The summed E-state index contributed by atoms with van der Waals surface area (Å²) < 4.78 is 23.4. The number of ether oxygens (including phenoxy) is 2. The third-order valence-corrected chi connectivity index (χ3v) is 4.78. The first kappa shape index (κ1) is 21.0. The van der Waals surface area contributed by atoms with Crippen molar-refractivity contribution in [3.8, 4) is 5.75 Å². The van der Waals surface area contributed by atoms with Gasteiger partial charge in [0.15, 0.2) is 0 Å². The molecule has 0 spiro atoms. The summed E-state index contributed by atoms with van der Waals surface area (Å²) in [7, 11) is -0.342. The summed E-state index contributed by atoms with van der Waals surface area (Å²) in [5, 5.41) is 0. The molecule has 3 rings (SSSR count). The third kappa shape index (κ3) is 5.88. The minimum Gasteiger partial charge on any atom is -0.490 e. The molecule has 1 aromatic rings. The van der Waals surface area contributed by atoms with Crippen LogP contribution in [0.5, 0.6) is 5.75 Å². The highest BCUT2D eigenvalue weighted by atomic mass is 16.6. The van der Waals surface area contributed by atoms with E-state index in [0.29, 0.717) is 26.3 Å². The Labute approximate surface area is 168 Å². The molecule has 0 bridgehead atoms. The van der Waals surface area contributed by atoms with Crippen LogP contribution in [-0.4, -0.2) is 56.1 Å². The van der Waals surface area contributed by atoms with E-state index in [4.69, 9.17) is 18.8 Å². The van der Waals surface area contributed by atoms with Crippen LogP contribution in [-0.2, 0) is 14.0 Å². The fraction of sp³-hybridized carbons (Fsp3) is 0.667. The smallest absolute Gasteiger partial charge is 0.490 e. The molecule has 2 aliphatic heterocycles. The van der Waals surface area contributed by atoms with Crippen LogP contribution in [0, 0.1) is 5.41 Å². The highest BCUT2D eigenvalue weighted by molar-refractivity contribution is 6.61. The van der Waals surface area contributed by atoms with Crippen molar-refractivity contribution in [2.24, 2.45) is 5.41 Å². The Morgan fingerprint density at radius 1 is 1.18 bits per heavy atom. The van der Waals surface area contributed by atoms with Crippen LogP contribution in [0.3, 0.4) is 0 Å². The van der Waals surface area contributed by atoms with Gasteiger partial charge in [0, 0.05) is 44.6 Å². The van der Waals surface area contributed by atoms with E-state index in [1.165, 1.54) is 0 Å². The normalized spacial score (nSPS) is 20.8. The van der Waals surface area contributed by atoms with Gasteiger partial charge < -0.3 is 23.7 Å². The van der Waals surface area contributed by atoms with Gasteiger partial charge in [-0.25, -0.2) is 4.79 Å². The summed E-state index contributed by atoms with van der Waals surface area (Å²) in [5.41, 5.74) is 0.551. The van der Waals surface area contributed by atoms with Crippen LogP contribution in [0.25, 0.3) is 0 Å². The Hall–Kier alpha value is -1.73. The Bertz CT molecular complexity index is 670. The van der Waals surface area contributed by atoms with Crippen molar-refractivity contribution in [3.05, 3.63) is 24.3 Å². The van der Waals surface area contributed by atoms with E-state index in [-0.39, 0.29) is 24.7 Å². The van der Waals surface area contributed by atoms with Gasteiger partial charge in [-0.3, -0.25) is 0 Å². The summed E-state index contributed by atoms with van der Waals surface area (Å²) in [5.74, 6) is 0.810. The van der Waals surface area contributed by atoms with E-state index < -0.39 is 5.60 Å². The predicted molar refractivity (Wildman–Crippen MR) is 109 cm³/mol. The van der Waals surface area contributed by atoms with Crippen LogP contribution in [0.2, 0.25) is 0 Å². The monoisotopic (exact) mass is 389 g/mol. The highest BCUT2D eigenvalue weighted by Gasteiger charge is 2.34. The van der Waals surface area contributed by atoms with E-state index in [1.54, 1.807) is 4.90 Å². The number of likely N-dealkylation sites (tertiary alicyclic amines) is 1. The number of piperidine rings is 1. The van der Waals surface area contributed by atoms with E-state index in [9.17, 15) is 4.79 Å². The number of benzene rings is 1. The first-order chi connectivity index (χ1) is 13.1. The van der Waals surface area contributed by atoms with Gasteiger partial charge in [0.25, 0.3) is 0 Å². The lowest BCUT2D eigenvalue weighted by molar-refractivity contribution is 0.0126. The zero-order chi connectivity index (χ0) is 20.4. The number of nitrogens with zero attached hydrogens (tertiary/aromatic N) is 1. The summed E-state index contributed by atoms with van der Waals surface area (Å²) in [6, 6.07) is 7.91. The maximum atomic E-state index is 12.2. The van der Waals surface area contributed by atoms with Crippen molar-refractivity contribution in [1.82, 2.24) is 4.90 Å². The van der Waals surface area contributed by atoms with Crippen LogP contribution >= 0.6 is 0 Å². The third-order valence-electron chi connectivity index (χ3n) is 4.78. The first-order valence-corrected chi connectivity index (χ1v) is 10.1. The van der Waals surface area contributed by atoms with Crippen molar-refractivity contribution in [2.45, 2.75) is 59.2 Å². The van der Waals surface area contributed by atoms with Gasteiger partial charge in [0.2, 0.25) is 0 Å². The van der Waals surface area contributed by atoms with Crippen molar-refractivity contribution in [2.75, 3.05) is 26.3 Å². The lowest BCUT2D eigenvalue weighted by atomic mass is 9.76. The van der Waals surface area contributed by atoms with Crippen molar-refractivity contribution >= 4 is 18.7 Å². The van der Waals surface area contributed by atoms with Gasteiger partial charge in [-0.1, -0.05) is 26.0 Å². The number of hydrogen-bond acceptors (Lipinski definition) is 5. The molecule has 0 saturated carbocycles. The van der Waals surface area contributed by atoms with Crippen molar-refractivity contribution in [3.63, 3.8) is 0 Å². The number of rotatable bonds is 3. The average Bonchev–Trinajstić information content (AvgIpc) is 2.61. The molecule has 7 heteroatoms. The first-order valence-electron chi connectivity index (χ1n) is 10.1. The average molecular weight is 389 g/mol. The van der Waals surface area contributed by atoms with Crippen LogP contribution < -0.4 is 10.2 Å². The van der Waals surface area contributed by atoms with Gasteiger partial charge in [-0.05, 0) is 38.4 Å². The molecule has 154 valence electrons. The van der Waals surface area contributed by atoms with Crippen molar-refractivity contribution < 1.29 is 23.6 Å². The van der Waals surface area contributed by atoms with E-state index >= 15 is 0 Å². The molecular formula is C21H32BNO5. The van der Waals surface area contributed by atoms with Gasteiger partial charge in [0.1, 0.15) is 17.5 Å². The molecule has 0 aliphatic carbocycles. The van der Waals surface area contributed by atoms with Gasteiger partial charge in [-0.15, -0.1) is 0 Å². The Morgan fingerprint density at radius 3 is 2.43 bits per heavy atom. The standard InChI is InChI=1S/C21H32BNO5/c1-20(2,3)28-19(24)23-11-9-17(10-12-23)27-18-8-6-7-16(13-18)22-25-14-21(4,5)15-26-22/h6-8,13,17H,9-12,14-15H2,1-5H3. The molecule has 2 saturated heterocycles. The molecule has 0 unspecified atom stereocenters. The quantitative estimate of drug-likeness (QED) is 0.743. The molecule has 1 amide bonds. The lowest BCUT2D eigenvalue weighted by Gasteiger charge is -2.34. The van der Waals surface area contributed by atoms with Crippen LogP contribution in [0.1, 0.15) is 47.5 Å². The molecule has 0 aromatic heterocycles. The zero-order valence-electron chi connectivity index (χ0n) is 17.7. The highest BCUT2D eigenvalue weighted by Crippen LogP contribution is 2.23. The number of amides is 1. The molecule has 28 heavy (non-hydrogen) atoms. The van der Waals surface area contributed by atoms with E-state index in [0.717, 1.165) is 24.1 Å². The molecule has 0 N–H and O–H groups in total. The maximum absolute atomic E-state index is 12.2. The second-order valence-electron chi connectivity index (χ2n) is 9.48. The molecule has 2 aliphatic rings. The second-order valence-corrected chi connectivity index (χ2v) is 9.48. The molecule has 6 nitrogen and oxygen atoms in total. The number of hydrogen-bond donors (Lipinski definition) is 0. The minimum absolute atomic E-state index is 0.0483. The largest absolute Gasteiger partial charge is 0.494 e.